The summed E-state index contributed by atoms with van der Waals surface area (Å²) < 4.78 is 67.1. The van der Waals surface area contributed by atoms with Gasteiger partial charge in [-0.1, -0.05) is 24.3 Å². The molecule has 0 aliphatic carbocycles. The number of rotatable bonds is 4. The van der Waals surface area contributed by atoms with Crippen molar-refractivity contribution in [1.82, 2.24) is 10.6 Å². The molecular formula is C17H17F3N2O2S. The average Bonchev–Trinajstić information content (AvgIpc) is 2.62. The van der Waals surface area contributed by atoms with Crippen LogP contribution in [0.1, 0.15) is 23.6 Å². The third kappa shape index (κ3) is 3.42. The van der Waals surface area contributed by atoms with Gasteiger partial charge in [0.15, 0.2) is 0 Å². The first-order valence-electron chi connectivity index (χ1n) is 7.77. The molecule has 1 heterocycles. The summed E-state index contributed by atoms with van der Waals surface area (Å²) in [5.41, 5.74) is -0.369. The van der Waals surface area contributed by atoms with Crippen molar-refractivity contribution >= 4 is 9.84 Å². The largest absolute Gasteiger partial charge is 0.314 e. The van der Waals surface area contributed by atoms with Gasteiger partial charge >= 0.3 is 0 Å². The Morgan fingerprint density at radius 1 is 1.00 bits per heavy atom. The number of nitrogens with one attached hydrogen (secondary N) is 2. The molecule has 0 bridgehead atoms. The van der Waals surface area contributed by atoms with Crippen LogP contribution in [0.5, 0.6) is 0 Å². The van der Waals surface area contributed by atoms with Gasteiger partial charge in [0.1, 0.15) is 10.7 Å². The van der Waals surface area contributed by atoms with Gasteiger partial charge in [-0.2, -0.15) is 0 Å². The predicted molar refractivity (Wildman–Crippen MR) is 86.9 cm³/mol. The monoisotopic (exact) mass is 370 g/mol. The van der Waals surface area contributed by atoms with Crippen LogP contribution in [0, 0.1) is 5.82 Å². The van der Waals surface area contributed by atoms with Gasteiger partial charge in [-0.05, 0) is 23.8 Å². The second kappa shape index (κ2) is 7.15. The number of hydrogen-bond donors (Lipinski definition) is 2. The van der Waals surface area contributed by atoms with Crippen LogP contribution in [0.25, 0.3) is 0 Å². The molecule has 25 heavy (non-hydrogen) atoms. The third-order valence-corrected chi connectivity index (χ3v) is 6.00. The molecule has 2 aromatic rings. The summed E-state index contributed by atoms with van der Waals surface area (Å²) >= 11 is 0. The fourth-order valence-electron chi connectivity index (χ4n) is 2.99. The minimum atomic E-state index is -4.41. The van der Waals surface area contributed by atoms with E-state index >= 15 is 0 Å². The SMILES string of the molecule is O=S(=O)(c1ccccc1F)c1cccc(C2CNCCN2)c1C(F)F. The minimum absolute atomic E-state index is 0.208. The minimum Gasteiger partial charge on any atom is -0.314 e. The van der Waals surface area contributed by atoms with E-state index in [-0.39, 0.29) is 5.56 Å². The number of sulfone groups is 1. The maximum absolute atomic E-state index is 14.0. The quantitative estimate of drug-likeness (QED) is 0.869. The Morgan fingerprint density at radius 2 is 1.72 bits per heavy atom. The van der Waals surface area contributed by atoms with Crippen LogP contribution in [0.15, 0.2) is 52.3 Å². The Bertz CT molecular complexity index is 866. The molecule has 1 aliphatic heterocycles. The lowest BCUT2D eigenvalue weighted by atomic mass is 9.99. The molecule has 2 N–H and O–H groups in total. The van der Waals surface area contributed by atoms with Crippen molar-refractivity contribution in [3.8, 4) is 0 Å². The van der Waals surface area contributed by atoms with E-state index in [1.54, 1.807) is 0 Å². The molecule has 0 amide bonds. The normalized spacial score (nSPS) is 18.5. The first-order valence-corrected chi connectivity index (χ1v) is 9.26. The molecule has 8 heteroatoms. The van der Waals surface area contributed by atoms with Gasteiger partial charge in [-0.15, -0.1) is 0 Å². The van der Waals surface area contributed by atoms with Crippen molar-refractivity contribution in [1.29, 1.82) is 0 Å². The van der Waals surface area contributed by atoms with E-state index in [1.807, 2.05) is 0 Å². The van der Waals surface area contributed by atoms with Gasteiger partial charge in [0.2, 0.25) is 9.84 Å². The topological polar surface area (TPSA) is 58.2 Å². The molecule has 4 nitrogen and oxygen atoms in total. The lowest BCUT2D eigenvalue weighted by molar-refractivity contribution is 0.145. The Morgan fingerprint density at radius 3 is 2.36 bits per heavy atom. The molecule has 1 atom stereocenters. The van der Waals surface area contributed by atoms with Crippen LogP contribution in [0.3, 0.4) is 0 Å². The van der Waals surface area contributed by atoms with Crippen LogP contribution < -0.4 is 10.6 Å². The summed E-state index contributed by atoms with van der Waals surface area (Å²) in [6.07, 6.45) is -3.00. The van der Waals surface area contributed by atoms with Crippen LogP contribution in [0.2, 0.25) is 0 Å². The fourth-order valence-corrected chi connectivity index (χ4v) is 4.56. The maximum Gasteiger partial charge on any atom is 0.265 e. The first kappa shape index (κ1) is 17.9. The van der Waals surface area contributed by atoms with Gasteiger partial charge in [0.05, 0.1) is 4.90 Å². The van der Waals surface area contributed by atoms with Crippen molar-refractivity contribution in [3.63, 3.8) is 0 Å². The summed E-state index contributed by atoms with van der Waals surface area (Å²) in [5.74, 6) is -0.967. The van der Waals surface area contributed by atoms with Gasteiger partial charge in [-0.3, -0.25) is 0 Å². The Kier molecular flexibility index (Phi) is 5.12. The van der Waals surface area contributed by atoms with Crippen LogP contribution >= 0.6 is 0 Å². The zero-order valence-electron chi connectivity index (χ0n) is 13.2. The van der Waals surface area contributed by atoms with E-state index in [9.17, 15) is 21.6 Å². The molecule has 134 valence electrons. The van der Waals surface area contributed by atoms with E-state index < -0.39 is 43.5 Å². The van der Waals surface area contributed by atoms with Gasteiger partial charge in [0.25, 0.3) is 6.43 Å². The standard InChI is InChI=1S/C17H17F3N2O2S/c18-12-5-1-2-6-14(12)25(23,24)15-7-3-4-11(16(15)17(19)20)13-10-21-8-9-22-13/h1-7,13,17,21-22H,8-10H2. The molecule has 0 radical (unpaired) electrons. The molecule has 1 fully saturated rings. The number of halogens is 3. The molecule has 0 spiro atoms. The summed E-state index contributed by atoms with van der Waals surface area (Å²) in [7, 11) is -4.41. The van der Waals surface area contributed by atoms with E-state index in [0.717, 1.165) is 18.2 Å². The summed E-state index contributed by atoms with van der Waals surface area (Å²) in [5, 5.41) is 6.18. The zero-order valence-corrected chi connectivity index (χ0v) is 14.0. The lowest BCUT2D eigenvalue weighted by Gasteiger charge is -2.27. The van der Waals surface area contributed by atoms with Gasteiger partial charge in [0, 0.05) is 31.2 Å². The number of piperazine rings is 1. The Balaban J connectivity index is 2.18. The van der Waals surface area contributed by atoms with Crippen molar-refractivity contribution in [2.75, 3.05) is 19.6 Å². The predicted octanol–water partition coefficient (Wildman–Crippen LogP) is 2.83. The van der Waals surface area contributed by atoms with Gasteiger partial charge in [-0.25, -0.2) is 21.6 Å². The van der Waals surface area contributed by atoms with Crippen LogP contribution in [0.4, 0.5) is 13.2 Å². The highest BCUT2D eigenvalue weighted by Crippen LogP contribution is 2.36. The molecule has 1 aliphatic rings. The number of hydrogen-bond acceptors (Lipinski definition) is 4. The molecular weight excluding hydrogens is 353 g/mol. The smallest absolute Gasteiger partial charge is 0.265 e. The third-order valence-electron chi connectivity index (χ3n) is 4.15. The Labute approximate surface area is 144 Å². The highest BCUT2D eigenvalue weighted by Gasteiger charge is 2.31. The van der Waals surface area contributed by atoms with Gasteiger partial charge < -0.3 is 10.6 Å². The van der Waals surface area contributed by atoms with Crippen LogP contribution in [-0.2, 0) is 9.84 Å². The summed E-state index contributed by atoms with van der Waals surface area (Å²) in [6, 6.07) is 8.32. The molecule has 3 rings (SSSR count). The molecule has 1 unspecified atom stereocenters. The van der Waals surface area contributed by atoms with E-state index in [0.29, 0.717) is 19.6 Å². The maximum atomic E-state index is 14.0. The fraction of sp³-hybridized carbons (Fsp3) is 0.294. The van der Waals surface area contributed by atoms with Crippen molar-refractivity contribution < 1.29 is 21.6 Å². The Hall–Kier alpha value is -1.90. The second-order valence-electron chi connectivity index (χ2n) is 5.70. The summed E-state index contributed by atoms with van der Waals surface area (Å²) in [4.78, 5) is -1.17. The van der Waals surface area contributed by atoms with E-state index in [4.69, 9.17) is 0 Å². The number of benzene rings is 2. The molecule has 0 saturated carbocycles. The zero-order chi connectivity index (χ0) is 18.0. The van der Waals surface area contributed by atoms with E-state index in [2.05, 4.69) is 10.6 Å². The van der Waals surface area contributed by atoms with Crippen LogP contribution in [-0.4, -0.2) is 28.1 Å². The highest BCUT2D eigenvalue weighted by atomic mass is 32.2. The van der Waals surface area contributed by atoms with Crippen molar-refractivity contribution in [3.05, 3.63) is 59.4 Å². The summed E-state index contributed by atoms with van der Waals surface area (Å²) in [6.45, 7) is 1.69. The van der Waals surface area contributed by atoms with Crippen molar-refractivity contribution in [2.45, 2.75) is 22.3 Å². The highest BCUT2D eigenvalue weighted by molar-refractivity contribution is 7.91. The van der Waals surface area contributed by atoms with E-state index in [1.165, 1.54) is 24.3 Å². The molecule has 1 saturated heterocycles. The molecule has 0 aromatic heterocycles. The number of alkyl halides is 2. The second-order valence-corrected chi connectivity index (χ2v) is 7.59. The average molecular weight is 370 g/mol. The first-order chi connectivity index (χ1) is 11.9. The lowest BCUT2D eigenvalue weighted by Crippen LogP contribution is -2.43. The molecule has 2 aromatic carbocycles. The van der Waals surface area contributed by atoms with Crippen molar-refractivity contribution in [2.24, 2.45) is 0 Å².